The second-order valence-corrected chi connectivity index (χ2v) is 15.2. The number of aliphatic hydroxyl groups is 1. The number of aliphatic hydroxyl groups excluding tert-OH is 1. The molecule has 2 aromatic rings. The van der Waals surface area contributed by atoms with E-state index in [9.17, 15) is 23.1 Å². The first-order chi connectivity index (χ1) is 22.4. The van der Waals surface area contributed by atoms with Gasteiger partial charge in [-0.05, 0) is 88.4 Å². The van der Waals surface area contributed by atoms with E-state index in [4.69, 9.17) is 21.1 Å². The van der Waals surface area contributed by atoms with Gasteiger partial charge in [-0.2, -0.15) is 0 Å². The highest BCUT2D eigenvalue weighted by molar-refractivity contribution is 7.92. The Kier molecular flexibility index (Phi) is 13.4. The molecule has 0 bridgehead atoms. The van der Waals surface area contributed by atoms with Crippen LogP contribution in [0.25, 0.3) is 0 Å². The van der Waals surface area contributed by atoms with Crippen LogP contribution in [-0.4, -0.2) is 86.7 Å². The average Bonchev–Trinajstić information content (AvgIpc) is 3.06. The predicted molar refractivity (Wildman–Crippen MR) is 183 cm³/mol. The normalized spacial score (nSPS) is 22.8. The average molecular weight is 692 g/mol. The van der Waals surface area contributed by atoms with Crippen molar-refractivity contribution >= 4 is 39.1 Å². The Bertz CT molecular complexity index is 1450. The molecule has 2 amide bonds. The van der Waals surface area contributed by atoms with Crippen LogP contribution in [0.15, 0.2) is 47.4 Å². The molecule has 0 radical (unpaired) electrons. The molecule has 260 valence electrons. The van der Waals surface area contributed by atoms with Crippen molar-refractivity contribution in [2.45, 2.75) is 95.3 Å². The number of hydrogen-bond acceptors (Lipinski definition) is 7. The smallest absolute Gasteiger partial charge is 0.261 e. The van der Waals surface area contributed by atoms with Crippen molar-refractivity contribution in [3.8, 4) is 5.75 Å². The van der Waals surface area contributed by atoms with Crippen LogP contribution in [-0.2, 0) is 19.6 Å². The van der Waals surface area contributed by atoms with E-state index >= 15 is 0 Å². The molecule has 4 rings (SSSR count). The molecule has 2 N–H and O–H groups in total. The van der Waals surface area contributed by atoms with E-state index in [0.717, 1.165) is 44.9 Å². The molecule has 0 unspecified atom stereocenters. The number of hydrogen-bond donors (Lipinski definition) is 2. The molecule has 12 heteroatoms. The maximum Gasteiger partial charge on any atom is 0.261 e. The molecule has 4 atom stereocenters. The molecule has 1 heterocycles. The number of nitrogens with zero attached hydrogens (tertiary/aromatic N) is 2. The zero-order valence-electron chi connectivity index (χ0n) is 28.0. The van der Waals surface area contributed by atoms with Gasteiger partial charge in [-0.3, -0.25) is 14.3 Å². The van der Waals surface area contributed by atoms with Gasteiger partial charge in [0.15, 0.2) is 0 Å². The zero-order chi connectivity index (χ0) is 34.1. The van der Waals surface area contributed by atoms with Crippen LogP contribution < -0.4 is 9.46 Å². The van der Waals surface area contributed by atoms with Gasteiger partial charge in [-0.1, -0.05) is 37.8 Å². The summed E-state index contributed by atoms with van der Waals surface area (Å²) < 4.78 is 41.6. The standard InChI is InChI=1S/C35H50ClN3O7S/c1-24-21-39(25(2)23-40)35(42)31-20-29(37-47(43,44)30-16-13-28(36)14-17-30)15-18-32(31)46-26(3)10-8-9-19-45-33(24)22-38(4)34(41)27-11-6-5-7-12-27/h13-18,20,24-27,33,37,40H,5-12,19,21-23H2,1-4H3/t24-,25+,26-,33+/m0/s1. The number of sulfonamides is 1. The van der Waals surface area contributed by atoms with Crippen LogP contribution >= 0.6 is 11.6 Å². The third-order valence-electron chi connectivity index (χ3n) is 9.21. The lowest BCUT2D eigenvalue weighted by Gasteiger charge is -2.36. The molecule has 2 aromatic carbocycles. The Morgan fingerprint density at radius 3 is 2.43 bits per heavy atom. The first kappa shape index (κ1) is 37.0. The van der Waals surface area contributed by atoms with E-state index in [1.165, 1.54) is 36.8 Å². The van der Waals surface area contributed by atoms with Gasteiger partial charge in [0, 0.05) is 49.3 Å². The number of likely N-dealkylation sites (N-methyl/N-ethyl adjacent to an activating group) is 1. The Labute approximate surface area is 284 Å². The van der Waals surface area contributed by atoms with Crippen molar-refractivity contribution in [2.24, 2.45) is 11.8 Å². The van der Waals surface area contributed by atoms with Gasteiger partial charge in [0.25, 0.3) is 15.9 Å². The monoisotopic (exact) mass is 691 g/mol. The molecule has 1 fully saturated rings. The summed E-state index contributed by atoms with van der Waals surface area (Å²) in [7, 11) is -2.14. The lowest BCUT2D eigenvalue weighted by atomic mass is 9.88. The van der Waals surface area contributed by atoms with Crippen molar-refractivity contribution < 1.29 is 32.6 Å². The highest BCUT2D eigenvalue weighted by Crippen LogP contribution is 2.30. The molecule has 47 heavy (non-hydrogen) atoms. The molecule has 10 nitrogen and oxygen atoms in total. The first-order valence-corrected chi connectivity index (χ1v) is 18.6. The maximum absolute atomic E-state index is 14.4. The third-order valence-corrected chi connectivity index (χ3v) is 10.9. The second kappa shape index (κ2) is 17.0. The van der Waals surface area contributed by atoms with Crippen LogP contribution in [0.5, 0.6) is 5.75 Å². The van der Waals surface area contributed by atoms with Gasteiger partial charge in [-0.25, -0.2) is 8.42 Å². The molecule has 0 aromatic heterocycles. The number of benzene rings is 2. The number of rotatable bonds is 8. The van der Waals surface area contributed by atoms with Crippen LogP contribution in [0.3, 0.4) is 0 Å². The predicted octanol–water partition coefficient (Wildman–Crippen LogP) is 5.98. The van der Waals surface area contributed by atoms with Gasteiger partial charge in [-0.15, -0.1) is 0 Å². The quantitative estimate of drug-likeness (QED) is 0.349. The van der Waals surface area contributed by atoms with Crippen LogP contribution in [0.2, 0.25) is 5.02 Å². The number of carbonyl (C=O) groups is 2. The number of anilines is 1. The van der Waals surface area contributed by atoms with Gasteiger partial charge < -0.3 is 24.4 Å². The minimum absolute atomic E-state index is 0.0283. The number of halogens is 1. The van der Waals surface area contributed by atoms with Crippen molar-refractivity contribution in [1.29, 1.82) is 0 Å². The second-order valence-electron chi connectivity index (χ2n) is 13.1. The Morgan fingerprint density at radius 2 is 1.74 bits per heavy atom. The lowest BCUT2D eigenvalue weighted by Crippen LogP contribution is -2.48. The molecular weight excluding hydrogens is 642 g/mol. The van der Waals surface area contributed by atoms with Crippen LogP contribution in [0.1, 0.15) is 82.5 Å². The lowest BCUT2D eigenvalue weighted by molar-refractivity contribution is -0.137. The molecule has 0 spiro atoms. The van der Waals surface area contributed by atoms with Crippen molar-refractivity contribution in [3.05, 3.63) is 53.1 Å². The highest BCUT2D eigenvalue weighted by atomic mass is 35.5. The summed E-state index contributed by atoms with van der Waals surface area (Å²) in [4.78, 5) is 31.1. The summed E-state index contributed by atoms with van der Waals surface area (Å²) in [6.07, 6.45) is 6.97. The number of carbonyl (C=O) groups excluding carboxylic acids is 2. The van der Waals surface area contributed by atoms with E-state index in [1.54, 1.807) is 28.9 Å². The van der Waals surface area contributed by atoms with Gasteiger partial charge >= 0.3 is 0 Å². The van der Waals surface area contributed by atoms with Gasteiger partial charge in [0.1, 0.15) is 5.75 Å². The van der Waals surface area contributed by atoms with Crippen molar-refractivity contribution in [2.75, 3.05) is 38.1 Å². The SMILES string of the molecule is C[C@H](CO)N1C[C@H](C)[C@@H](CN(C)C(=O)C2CCCCC2)OCCCC[C@H](C)Oc2ccc(NS(=O)(=O)c3ccc(Cl)cc3)cc2C1=O. The summed E-state index contributed by atoms with van der Waals surface area (Å²) in [6, 6.07) is 9.91. The third kappa shape index (κ3) is 10.1. The number of fused-ring (bicyclic) bond motifs is 1. The number of ether oxygens (including phenoxy) is 2. The van der Waals surface area contributed by atoms with Crippen LogP contribution in [0.4, 0.5) is 5.69 Å². The van der Waals surface area contributed by atoms with E-state index in [0.29, 0.717) is 23.9 Å². The van der Waals surface area contributed by atoms with Gasteiger partial charge in [0.2, 0.25) is 5.91 Å². The van der Waals surface area contributed by atoms with E-state index in [1.807, 2.05) is 20.9 Å². The topological polar surface area (TPSA) is 125 Å². The fourth-order valence-corrected chi connectivity index (χ4v) is 7.47. The van der Waals surface area contributed by atoms with Crippen molar-refractivity contribution in [3.63, 3.8) is 0 Å². The van der Waals surface area contributed by atoms with E-state index in [-0.39, 0.29) is 59.2 Å². The summed E-state index contributed by atoms with van der Waals surface area (Å²) in [6.45, 7) is 6.58. The minimum atomic E-state index is -3.97. The molecule has 0 saturated heterocycles. The summed E-state index contributed by atoms with van der Waals surface area (Å²) >= 11 is 5.95. The minimum Gasteiger partial charge on any atom is -0.490 e. The molecular formula is C35H50ClN3O7S. The highest BCUT2D eigenvalue weighted by Gasteiger charge is 2.32. The molecule has 2 aliphatic rings. The zero-order valence-corrected chi connectivity index (χ0v) is 29.6. The fourth-order valence-electron chi connectivity index (χ4n) is 6.30. The fraction of sp³-hybridized carbons (Fsp3) is 0.600. The summed E-state index contributed by atoms with van der Waals surface area (Å²) in [5, 5.41) is 10.6. The first-order valence-electron chi connectivity index (χ1n) is 16.8. The Balaban J connectivity index is 1.64. The Hall–Kier alpha value is -2.86. The molecule has 1 saturated carbocycles. The van der Waals surface area contributed by atoms with E-state index in [2.05, 4.69) is 4.72 Å². The Morgan fingerprint density at radius 1 is 1.06 bits per heavy atom. The molecule has 1 aliphatic heterocycles. The maximum atomic E-state index is 14.4. The number of nitrogens with one attached hydrogen (secondary N) is 1. The van der Waals surface area contributed by atoms with Gasteiger partial charge in [0.05, 0.1) is 35.3 Å². The summed E-state index contributed by atoms with van der Waals surface area (Å²) in [5.41, 5.74) is 0.373. The van der Waals surface area contributed by atoms with Crippen molar-refractivity contribution in [1.82, 2.24) is 9.80 Å². The van der Waals surface area contributed by atoms with Crippen LogP contribution in [0, 0.1) is 11.8 Å². The largest absolute Gasteiger partial charge is 0.490 e. The number of amides is 2. The molecule has 1 aliphatic carbocycles. The summed E-state index contributed by atoms with van der Waals surface area (Å²) in [5.74, 6) is -0.0743. The van der Waals surface area contributed by atoms with E-state index < -0.39 is 22.0 Å².